The van der Waals surface area contributed by atoms with Crippen LogP contribution in [-0.4, -0.2) is 32.2 Å². The highest BCUT2D eigenvalue weighted by Crippen LogP contribution is 2.33. The molecule has 0 radical (unpaired) electrons. The van der Waals surface area contributed by atoms with Crippen LogP contribution in [0.25, 0.3) is 11.1 Å². The minimum Gasteiger partial charge on any atom is -0.496 e. The second kappa shape index (κ2) is 8.39. The van der Waals surface area contributed by atoms with E-state index in [1.165, 1.54) is 38.7 Å². The summed E-state index contributed by atoms with van der Waals surface area (Å²) in [7, 11) is -2.16. The van der Waals surface area contributed by atoms with E-state index in [0.717, 1.165) is 16.8 Å². The van der Waals surface area contributed by atoms with Crippen molar-refractivity contribution in [2.24, 2.45) is 4.99 Å². The fraction of sp³-hybridized carbons (Fsp3) is 0.167. The summed E-state index contributed by atoms with van der Waals surface area (Å²) >= 11 is 0. The molecule has 26 heavy (non-hydrogen) atoms. The summed E-state index contributed by atoms with van der Waals surface area (Å²) in [6.45, 7) is 6.65. The molecular formula is C18H20N4O3S. The molecule has 0 aliphatic heterocycles. The first kappa shape index (κ1) is 19.3. The lowest BCUT2D eigenvalue weighted by molar-refractivity contribution is 0.416. The van der Waals surface area contributed by atoms with Crippen molar-refractivity contribution < 1.29 is 13.2 Å². The van der Waals surface area contributed by atoms with E-state index in [1.807, 2.05) is 6.92 Å². The monoisotopic (exact) mass is 372 g/mol. The first-order chi connectivity index (χ1) is 12.4. The maximum atomic E-state index is 12.4. The van der Waals surface area contributed by atoms with Crippen LogP contribution < -0.4 is 9.46 Å². The fourth-order valence-electron chi connectivity index (χ4n) is 2.20. The number of nitrogens with one attached hydrogen (secondary N) is 1. The third kappa shape index (κ3) is 4.54. The highest BCUT2D eigenvalue weighted by Gasteiger charge is 2.15. The summed E-state index contributed by atoms with van der Waals surface area (Å²) in [5, 5.41) is 0. The molecule has 136 valence electrons. The molecule has 1 heterocycles. The highest BCUT2D eigenvalue weighted by molar-refractivity contribution is 7.96. The number of hydrogen-bond acceptors (Lipinski definition) is 6. The number of aromatic nitrogens is 2. The van der Waals surface area contributed by atoms with Crippen LogP contribution in [0.15, 0.2) is 59.0 Å². The van der Waals surface area contributed by atoms with Crippen molar-refractivity contribution in [2.75, 3.05) is 11.8 Å². The smallest absolute Gasteiger partial charge is 0.257 e. The molecule has 7 nitrogen and oxygen atoms in total. The number of ether oxygens (including phenoxy) is 1. The predicted molar refractivity (Wildman–Crippen MR) is 104 cm³/mol. The molecule has 1 aromatic carbocycles. The van der Waals surface area contributed by atoms with Gasteiger partial charge in [0.25, 0.3) is 10.0 Å². The lowest BCUT2D eigenvalue weighted by Crippen LogP contribution is -2.13. The van der Waals surface area contributed by atoms with Crippen LogP contribution in [0.4, 0.5) is 5.69 Å². The number of aryl methyl sites for hydroxylation is 1. The van der Waals surface area contributed by atoms with Crippen LogP contribution in [0.5, 0.6) is 5.75 Å². The number of nitrogens with zero attached hydrogens (tertiary/aromatic N) is 3. The van der Waals surface area contributed by atoms with E-state index < -0.39 is 10.0 Å². The zero-order valence-electron chi connectivity index (χ0n) is 14.8. The molecule has 0 atom stereocenters. The molecule has 8 heteroatoms. The van der Waals surface area contributed by atoms with Crippen molar-refractivity contribution in [3.8, 4) is 16.9 Å². The normalized spacial score (nSPS) is 12.2. The van der Waals surface area contributed by atoms with Gasteiger partial charge < -0.3 is 4.74 Å². The molecule has 0 fully saturated rings. The van der Waals surface area contributed by atoms with Crippen molar-refractivity contribution in [2.45, 2.75) is 13.8 Å². The van der Waals surface area contributed by atoms with Crippen molar-refractivity contribution in [3.63, 3.8) is 0 Å². The van der Waals surface area contributed by atoms with E-state index in [1.54, 1.807) is 24.4 Å². The Labute approximate surface area is 153 Å². The van der Waals surface area contributed by atoms with Gasteiger partial charge in [-0.3, -0.25) is 9.71 Å². The molecule has 0 saturated heterocycles. The van der Waals surface area contributed by atoms with E-state index in [4.69, 9.17) is 4.74 Å². The fourth-order valence-corrected chi connectivity index (χ4v) is 3.05. The van der Waals surface area contributed by atoms with Gasteiger partial charge in [0.2, 0.25) is 0 Å². The van der Waals surface area contributed by atoms with Crippen molar-refractivity contribution >= 4 is 22.4 Å². The molecule has 0 amide bonds. The lowest BCUT2D eigenvalue weighted by Gasteiger charge is -2.13. The molecule has 0 bridgehead atoms. The Morgan fingerprint density at radius 1 is 1.35 bits per heavy atom. The molecule has 1 aromatic heterocycles. The van der Waals surface area contributed by atoms with Crippen LogP contribution in [0.3, 0.4) is 0 Å². The van der Waals surface area contributed by atoms with Gasteiger partial charge in [0.1, 0.15) is 12.1 Å². The van der Waals surface area contributed by atoms with Crippen molar-refractivity contribution in [1.29, 1.82) is 0 Å². The predicted octanol–water partition coefficient (Wildman–Crippen LogP) is 3.32. The molecule has 0 spiro atoms. The van der Waals surface area contributed by atoms with Gasteiger partial charge in [-0.1, -0.05) is 0 Å². The Morgan fingerprint density at radius 2 is 2.12 bits per heavy atom. The summed E-state index contributed by atoms with van der Waals surface area (Å²) in [6.07, 6.45) is 7.51. The van der Waals surface area contributed by atoms with Gasteiger partial charge in [-0.05, 0) is 44.8 Å². The third-order valence-electron chi connectivity index (χ3n) is 3.60. The van der Waals surface area contributed by atoms with E-state index in [9.17, 15) is 8.42 Å². The zero-order chi connectivity index (χ0) is 19.2. The summed E-state index contributed by atoms with van der Waals surface area (Å²) in [5.74, 6) is 0.514. The van der Waals surface area contributed by atoms with Crippen molar-refractivity contribution in [3.05, 3.63) is 59.7 Å². The summed E-state index contributed by atoms with van der Waals surface area (Å²) in [6, 6.07) is 5.05. The Morgan fingerprint density at radius 3 is 2.77 bits per heavy atom. The second-order valence-corrected chi connectivity index (χ2v) is 7.20. The third-order valence-corrected chi connectivity index (χ3v) is 5.09. The minimum atomic E-state index is -3.69. The lowest BCUT2D eigenvalue weighted by atomic mass is 10.0. The van der Waals surface area contributed by atoms with Gasteiger partial charge in [0.05, 0.1) is 17.7 Å². The first-order valence-electron chi connectivity index (χ1n) is 7.66. The van der Waals surface area contributed by atoms with Crippen LogP contribution in [0, 0.1) is 6.92 Å². The van der Waals surface area contributed by atoms with E-state index in [-0.39, 0.29) is 4.91 Å². The average Bonchev–Trinajstić information content (AvgIpc) is 2.62. The Hall–Kier alpha value is -3.00. The van der Waals surface area contributed by atoms with E-state index >= 15 is 0 Å². The maximum Gasteiger partial charge on any atom is 0.257 e. The molecule has 1 N–H and O–H groups in total. The summed E-state index contributed by atoms with van der Waals surface area (Å²) < 4.78 is 32.7. The Balaban J connectivity index is 2.35. The van der Waals surface area contributed by atoms with E-state index in [2.05, 4.69) is 26.4 Å². The molecular weight excluding hydrogens is 352 g/mol. The number of anilines is 1. The molecule has 0 unspecified atom stereocenters. The van der Waals surface area contributed by atoms with Gasteiger partial charge >= 0.3 is 0 Å². The molecule has 0 aliphatic carbocycles. The number of sulfonamides is 1. The van der Waals surface area contributed by atoms with E-state index in [0.29, 0.717) is 11.4 Å². The van der Waals surface area contributed by atoms with Gasteiger partial charge in [-0.2, -0.15) is 0 Å². The number of allylic oxidation sites excluding steroid dienone is 3. The average molecular weight is 372 g/mol. The summed E-state index contributed by atoms with van der Waals surface area (Å²) in [4.78, 5) is 11.9. The standard InChI is InChI=1S/C18H20N4O3S/c1-13(6-5-9-19-3)26(23,24)22-15-7-8-16(18(10-15)25-4)17-11-20-12-21-14(17)2/h5-12,22H,3H2,1-2,4H3/b9-5-,13-6+. The quantitative estimate of drug-likeness (QED) is 0.594. The van der Waals surface area contributed by atoms with Crippen LogP contribution in [0.2, 0.25) is 0 Å². The zero-order valence-corrected chi connectivity index (χ0v) is 15.6. The summed E-state index contributed by atoms with van der Waals surface area (Å²) in [5.41, 5.74) is 2.78. The van der Waals surface area contributed by atoms with Gasteiger partial charge in [-0.25, -0.2) is 18.4 Å². The van der Waals surface area contributed by atoms with Crippen LogP contribution in [0.1, 0.15) is 12.6 Å². The first-order valence-corrected chi connectivity index (χ1v) is 9.14. The van der Waals surface area contributed by atoms with Gasteiger partial charge in [0.15, 0.2) is 0 Å². The topological polar surface area (TPSA) is 93.5 Å². The number of benzene rings is 1. The van der Waals surface area contributed by atoms with Gasteiger partial charge in [0, 0.05) is 35.3 Å². The SMILES string of the molecule is C=N/C=C\C=C(/C)S(=O)(=O)Nc1ccc(-c2cncnc2C)c(OC)c1. The second-order valence-electron chi connectivity index (χ2n) is 5.34. The number of rotatable bonds is 7. The Kier molecular flexibility index (Phi) is 6.24. The maximum absolute atomic E-state index is 12.4. The van der Waals surface area contributed by atoms with Crippen LogP contribution in [-0.2, 0) is 10.0 Å². The Bertz CT molecular complexity index is 966. The largest absolute Gasteiger partial charge is 0.496 e. The van der Waals surface area contributed by atoms with Gasteiger partial charge in [-0.15, -0.1) is 0 Å². The minimum absolute atomic E-state index is 0.146. The van der Waals surface area contributed by atoms with Crippen LogP contribution >= 0.6 is 0 Å². The molecule has 0 aliphatic rings. The number of hydrogen-bond donors (Lipinski definition) is 1. The molecule has 2 rings (SSSR count). The number of methoxy groups -OCH3 is 1. The number of aliphatic imine (C=N–C) groups is 1. The van der Waals surface area contributed by atoms with Crippen molar-refractivity contribution in [1.82, 2.24) is 9.97 Å². The molecule has 2 aromatic rings. The molecule has 0 saturated carbocycles. The highest BCUT2D eigenvalue weighted by atomic mass is 32.2.